The molecule has 0 fully saturated rings. The van der Waals surface area contributed by atoms with Gasteiger partial charge in [0.2, 0.25) is 0 Å². The summed E-state index contributed by atoms with van der Waals surface area (Å²) in [5.74, 6) is 0. The van der Waals surface area contributed by atoms with Crippen molar-refractivity contribution in [2.24, 2.45) is 17.2 Å². The van der Waals surface area contributed by atoms with E-state index in [1.807, 2.05) is 0 Å². The first-order chi connectivity index (χ1) is 13.6. The van der Waals surface area contributed by atoms with Crippen molar-refractivity contribution in [2.75, 3.05) is 39.3 Å². The molecule has 0 aliphatic rings. The van der Waals surface area contributed by atoms with Gasteiger partial charge in [-0.3, -0.25) is 0 Å². The fraction of sp³-hybridized carbons (Fsp3) is 0.900. The molecule has 0 unspecified atom stereocenters. The highest BCUT2D eigenvalue weighted by Gasteiger charge is 2.17. The molecule has 0 aliphatic carbocycles. The quantitative estimate of drug-likeness (QED) is 0.212. The summed E-state index contributed by atoms with van der Waals surface area (Å²) in [6, 6.07) is -1.07. The number of imide groups is 1. The van der Waals surface area contributed by atoms with E-state index in [4.69, 9.17) is 17.2 Å². The predicted molar refractivity (Wildman–Crippen MR) is 116 cm³/mol. The maximum atomic E-state index is 12.1. The van der Waals surface area contributed by atoms with E-state index in [1.165, 1.54) is 19.3 Å². The lowest BCUT2D eigenvalue weighted by Crippen LogP contribution is -2.47. The molecular formula is C20H44N6O2. The Morgan fingerprint density at radius 2 is 1.11 bits per heavy atom. The molecule has 4 amide bonds. The Morgan fingerprint density at radius 3 is 1.61 bits per heavy atom. The van der Waals surface area contributed by atoms with Gasteiger partial charge in [-0.2, -0.15) is 0 Å². The van der Waals surface area contributed by atoms with E-state index < -0.39 is 6.03 Å². The van der Waals surface area contributed by atoms with Crippen LogP contribution in [-0.2, 0) is 0 Å². The number of primary amides is 1. The molecule has 0 radical (unpaired) electrons. The van der Waals surface area contributed by atoms with E-state index in [2.05, 4.69) is 10.6 Å². The molecule has 0 saturated heterocycles. The summed E-state index contributed by atoms with van der Waals surface area (Å²) >= 11 is 0. The number of rotatable bonds is 19. The van der Waals surface area contributed by atoms with Gasteiger partial charge in [-0.15, -0.1) is 0 Å². The van der Waals surface area contributed by atoms with Gasteiger partial charge in [0.25, 0.3) is 0 Å². The van der Waals surface area contributed by atoms with Crippen molar-refractivity contribution in [2.45, 2.75) is 77.0 Å². The molecule has 28 heavy (non-hydrogen) atoms. The largest absolute Gasteiger partial charge is 0.351 e. The predicted octanol–water partition coefficient (Wildman–Crippen LogP) is 2.26. The fourth-order valence-corrected chi connectivity index (χ4v) is 2.97. The summed E-state index contributed by atoms with van der Waals surface area (Å²) in [6.07, 6.45) is 12.7. The smallest absolute Gasteiger partial charge is 0.325 e. The molecule has 0 bridgehead atoms. The fourth-order valence-electron chi connectivity index (χ4n) is 2.97. The van der Waals surface area contributed by atoms with Crippen molar-refractivity contribution in [1.82, 2.24) is 15.5 Å². The Hall–Kier alpha value is -1.38. The second-order valence-electron chi connectivity index (χ2n) is 7.29. The molecule has 0 aromatic heterocycles. The number of hydrogen-bond acceptors (Lipinski definition) is 5. The monoisotopic (exact) mass is 400 g/mol. The third kappa shape index (κ3) is 16.8. The SMILES string of the molecule is NCCCCCCNCCCCCCN(C(N)=O)C(=O)NCCCCCCN. The highest BCUT2D eigenvalue weighted by atomic mass is 16.2. The first kappa shape index (κ1) is 26.6. The molecule has 0 aliphatic heterocycles. The number of hydrogen-bond donors (Lipinski definition) is 5. The molecule has 166 valence electrons. The summed E-state index contributed by atoms with van der Waals surface area (Å²) in [5.41, 5.74) is 16.3. The van der Waals surface area contributed by atoms with E-state index in [1.54, 1.807) is 0 Å². The molecule has 0 rings (SSSR count). The molecule has 0 heterocycles. The van der Waals surface area contributed by atoms with Crippen LogP contribution in [0.25, 0.3) is 0 Å². The van der Waals surface area contributed by atoms with Crippen molar-refractivity contribution < 1.29 is 9.59 Å². The van der Waals surface area contributed by atoms with Crippen LogP contribution in [0, 0.1) is 0 Å². The van der Waals surface area contributed by atoms with Crippen molar-refractivity contribution >= 4 is 12.1 Å². The molecule has 0 aromatic rings. The van der Waals surface area contributed by atoms with Crippen molar-refractivity contribution in [3.8, 4) is 0 Å². The second kappa shape index (κ2) is 20.4. The number of nitrogens with two attached hydrogens (primary N) is 3. The van der Waals surface area contributed by atoms with E-state index in [-0.39, 0.29) is 6.03 Å². The normalized spacial score (nSPS) is 10.8. The lowest BCUT2D eigenvalue weighted by atomic mass is 10.1. The lowest BCUT2D eigenvalue weighted by molar-refractivity contribution is 0.190. The van der Waals surface area contributed by atoms with Crippen LogP contribution in [0.2, 0.25) is 0 Å². The molecule has 8 N–H and O–H groups in total. The van der Waals surface area contributed by atoms with Crippen LogP contribution >= 0.6 is 0 Å². The first-order valence-corrected chi connectivity index (χ1v) is 11.1. The van der Waals surface area contributed by atoms with Gasteiger partial charge in [-0.1, -0.05) is 38.5 Å². The zero-order valence-electron chi connectivity index (χ0n) is 17.7. The van der Waals surface area contributed by atoms with Crippen LogP contribution in [0.1, 0.15) is 77.0 Å². The van der Waals surface area contributed by atoms with E-state index in [0.717, 1.165) is 82.3 Å². The van der Waals surface area contributed by atoms with E-state index >= 15 is 0 Å². The van der Waals surface area contributed by atoms with Gasteiger partial charge in [0.1, 0.15) is 0 Å². The number of carbonyl (C=O) groups is 2. The summed E-state index contributed by atoms with van der Waals surface area (Å²) < 4.78 is 0. The minimum Gasteiger partial charge on any atom is -0.351 e. The third-order valence-corrected chi connectivity index (χ3v) is 4.71. The average Bonchev–Trinajstić information content (AvgIpc) is 2.67. The summed E-state index contributed by atoms with van der Waals surface area (Å²) in [6.45, 7) is 4.51. The summed E-state index contributed by atoms with van der Waals surface area (Å²) in [4.78, 5) is 24.7. The Bertz CT molecular complexity index is 382. The Kier molecular flexibility index (Phi) is 19.4. The highest BCUT2D eigenvalue weighted by Crippen LogP contribution is 2.03. The summed E-state index contributed by atoms with van der Waals surface area (Å²) in [5, 5.41) is 6.23. The maximum Gasteiger partial charge on any atom is 0.325 e. The van der Waals surface area contributed by atoms with Gasteiger partial charge in [0.05, 0.1) is 0 Å². The van der Waals surface area contributed by atoms with E-state index in [9.17, 15) is 9.59 Å². The second-order valence-corrected chi connectivity index (χ2v) is 7.29. The number of carbonyl (C=O) groups excluding carboxylic acids is 2. The molecular weight excluding hydrogens is 356 g/mol. The third-order valence-electron chi connectivity index (χ3n) is 4.71. The minimum absolute atomic E-state index is 0.378. The molecule has 8 nitrogen and oxygen atoms in total. The average molecular weight is 401 g/mol. The molecule has 0 saturated carbocycles. The van der Waals surface area contributed by atoms with Crippen LogP contribution in [-0.4, -0.2) is 56.2 Å². The maximum absolute atomic E-state index is 12.1. The lowest BCUT2D eigenvalue weighted by Gasteiger charge is -2.19. The number of nitrogens with one attached hydrogen (secondary N) is 2. The molecule has 0 atom stereocenters. The van der Waals surface area contributed by atoms with Crippen molar-refractivity contribution in [1.29, 1.82) is 0 Å². The van der Waals surface area contributed by atoms with Gasteiger partial charge in [0.15, 0.2) is 0 Å². The number of nitrogens with zero attached hydrogens (tertiary/aromatic N) is 1. The van der Waals surface area contributed by atoms with Gasteiger partial charge in [-0.05, 0) is 64.7 Å². The van der Waals surface area contributed by atoms with Crippen LogP contribution in [0.5, 0.6) is 0 Å². The van der Waals surface area contributed by atoms with Crippen molar-refractivity contribution in [3.63, 3.8) is 0 Å². The zero-order valence-corrected chi connectivity index (χ0v) is 17.7. The standard InChI is InChI=1S/C20H44N6O2/c21-13-7-1-3-9-15-24-16-10-5-6-12-18-26(19(23)27)20(28)25-17-11-4-2-8-14-22/h24H,1-18,21-22H2,(H2,23,27)(H,25,28). The zero-order chi connectivity index (χ0) is 20.9. The number of amides is 4. The number of urea groups is 2. The van der Waals surface area contributed by atoms with Crippen LogP contribution in [0.15, 0.2) is 0 Å². The first-order valence-electron chi connectivity index (χ1n) is 11.1. The van der Waals surface area contributed by atoms with Gasteiger partial charge < -0.3 is 27.8 Å². The topological polar surface area (TPSA) is 140 Å². The van der Waals surface area contributed by atoms with Crippen LogP contribution < -0.4 is 27.8 Å². The van der Waals surface area contributed by atoms with E-state index in [0.29, 0.717) is 19.6 Å². The molecule has 8 heteroatoms. The van der Waals surface area contributed by atoms with Gasteiger partial charge in [-0.25, -0.2) is 14.5 Å². The number of unbranched alkanes of at least 4 members (excludes halogenated alkanes) is 9. The molecule has 0 aromatic carbocycles. The Labute approximate surface area is 171 Å². The Morgan fingerprint density at radius 1 is 0.643 bits per heavy atom. The summed E-state index contributed by atoms with van der Waals surface area (Å²) in [7, 11) is 0. The van der Waals surface area contributed by atoms with Gasteiger partial charge in [0, 0.05) is 13.1 Å². The highest BCUT2D eigenvalue weighted by molar-refractivity contribution is 5.92. The van der Waals surface area contributed by atoms with Crippen LogP contribution in [0.4, 0.5) is 9.59 Å². The molecule has 0 spiro atoms. The van der Waals surface area contributed by atoms with Crippen LogP contribution in [0.3, 0.4) is 0 Å². The Balaban J connectivity index is 3.62. The van der Waals surface area contributed by atoms with Gasteiger partial charge >= 0.3 is 12.1 Å². The van der Waals surface area contributed by atoms with Crippen molar-refractivity contribution in [3.05, 3.63) is 0 Å². The minimum atomic E-state index is -0.683.